The Morgan fingerprint density at radius 1 is 0.579 bits per heavy atom. The van der Waals surface area contributed by atoms with Gasteiger partial charge in [0.25, 0.3) is 0 Å². The van der Waals surface area contributed by atoms with E-state index < -0.39 is 0 Å². The van der Waals surface area contributed by atoms with Gasteiger partial charge in [-0.2, -0.15) is 0 Å². The largest absolute Gasteiger partial charge is 0.379 e. The normalized spacial score (nSPS) is 12.7. The first-order valence-corrected chi connectivity index (χ1v) is 13.0. The van der Waals surface area contributed by atoms with Gasteiger partial charge in [0, 0.05) is 34.9 Å². The van der Waals surface area contributed by atoms with E-state index >= 15 is 0 Å². The topological polar surface area (TPSA) is 34.8 Å². The van der Waals surface area contributed by atoms with Crippen molar-refractivity contribution in [3.8, 4) is 22.5 Å². The van der Waals surface area contributed by atoms with Gasteiger partial charge in [-0.1, -0.05) is 66.7 Å². The number of nitrogens with one attached hydrogen (secondary N) is 1. The van der Waals surface area contributed by atoms with Gasteiger partial charge in [-0.3, -0.25) is 4.98 Å². The summed E-state index contributed by atoms with van der Waals surface area (Å²) in [6, 6.07) is 38.9. The van der Waals surface area contributed by atoms with Crippen LogP contribution >= 0.6 is 0 Å². The number of benzene rings is 4. The van der Waals surface area contributed by atoms with Crippen molar-refractivity contribution in [3.63, 3.8) is 0 Å². The van der Waals surface area contributed by atoms with Crippen LogP contribution in [0.15, 0.2) is 121 Å². The van der Waals surface area contributed by atoms with Crippen molar-refractivity contribution < 1.29 is 0 Å². The molecule has 3 aromatic heterocycles. The van der Waals surface area contributed by atoms with Crippen LogP contribution in [-0.2, 0) is 0 Å². The average Bonchev–Trinajstić information content (AvgIpc) is 3.51. The van der Waals surface area contributed by atoms with Crippen LogP contribution in [0.1, 0.15) is 5.69 Å². The zero-order chi connectivity index (χ0) is 25.1. The molecule has 4 heteroatoms. The summed E-state index contributed by atoms with van der Waals surface area (Å²) < 4.78 is 4.64. The molecule has 0 unspecified atom stereocenters. The molecule has 0 radical (unpaired) electrons. The van der Waals surface area contributed by atoms with E-state index in [1.165, 1.54) is 44.3 Å². The van der Waals surface area contributed by atoms with Gasteiger partial charge < -0.3 is 14.5 Å². The van der Waals surface area contributed by atoms with Gasteiger partial charge in [-0.05, 0) is 65.7 Å². The molecule has 0 aliphatic carbocycles. The van der Waals surface area contributed by atoms with E-state index in [4.69, 9.17) is 0 Å². The van der Waals surface area contributed by atoms with E-state index in [9.17, 15) is 0 Å². The van der Waals surface area contributed by atoms with Crippen LogP contribution in [0.5, 0.6) is 0 Å². The number of fused-ring (bicyclic) bond motifs is 6. The fourth-order valence-corrected chi connectivity index (χ4v) is 5.88. The first kappa shape index (κ1) is 21.0. The molecule has 1 aliphatic heterocycles. The summed E-state index contributed by atoms with van der Waals surface area (Å²) in [6.07, 6.45) is 6.27. The molecule has 180 valence electrons. The molecule has 4 heterocycles. The Labute approximate surface area is 220 Å². The van der Waals surface area contributed by atoms with Crippen LogP contribution in [0.3, 0.4) is 0 Å². The second-order valence-corrected chi connectivity index (χ2v) is 9.71. The van der Waals surface area contributed by atoms with Crippen molar-refractivity contribution in [2.24, 2.45) is 0 Å². The summed E-state index contributed by atoms with van der Waals surface area (Å²) in [5, 5.41) is 5.99. The lowest BCUT2D eigenvalue weighted by molar-refractivity contribution is 1.10. The highest BCUT2D eigenvalue weighted by Crippen LogP contribution is 2.37. The second kappa shape index (κ2) is 8.22. The SMILES string of the molecule is C1=Cc2c(c3ccccc3n2-c2ccc(-c3ccc(-n4c5ccccc5c5ncccc54)cc3)cc2)NC1. The van der Waals surface area contributed by atoms with E-state index in [2.05, 4.69) is 135 Å². The highest BCUT2D eigenvalue weighted by molar-refractivity contribution is 6.07. The van der Waals surface area contributed by atoms with Gasteiger partial charge in [0.15, 0.2) is 0 Å². The number of nitrogens with zero attached hydrogens (tertiary/aromatic N) is 3. The Morgan fingerprint density at radius 2 is 1.18 bits per heavy atom. The molecule has 0 fully saturated rings. The first-order chi connectivity index (χ1) is 18.9. The van der Waals surface area contributed by atoms with E-state index in [1.54, 1.807) is 0 Å². The monoisotopic (exact) mass is 488 g/mol. The summed E-state index contributed by atoms with van der Waals surface area (Å²) in [5.41, 5.74) is 11.6. The fraction of sp³-hybridized carbons (Fsp3) is 0.0294. The van der Waals surface area contributed by atoms with E-state index in [-0.39, 0.29) is 0 Å². The number of pyridine rings is 1. The van der Waals surface area contributed by atoms with Crippen molar-refractivity contribution in [2.75, 3.05) is 11.9 Å². The zero-order valence-electron chi connectivity index (χ0n) is 20.7. The van der Waals surface area contributed by atoms with E-state index in [0.717, 1.165) is 29.0 Å². The number of aromatic nitrogens is 3. The Kier molecular flexibility index (Phi) is 4.55. The van der Waals surface area contributed by atoms with Crippen molar-refractivity contribution in [1.82, 2.24) is 14.1 Å². The maximum atomic E-state index is 4.66. The predicted octanol–water partition coefficient (Wildman–Crippen LogP) is 8.23. The van der Waals surface area contributed by atoms with E-state index in [0.29, 0.717) is 0 Å². The predicted molar refractivity (Wildman–Crippen MR) is 158 cm³/mol. The molecular formula is C34H24N4. The van der Waals surface area contributed by atoms with Gasteiger partial charge >= 0.3 is 0 Å². The number of hydrogen-bond donors (Lipinski definition) is 1. The summed E-state index contributed by atoms with van der Waals surface area (Å²) in [6.45, 7) is 0.862. The number of para-hydroxylation sites is 2. The van der Waals surface area contributed by atoms with Gasteiger partial charge in [-0.25, -0.2) is 0 Å². The molecule has 7 aromatic rings. The maximum Gasteiger partial charge on any atom is 0.0963 e. The zero-order valence-corrected chi connectivity index (χ0v) is 20.7. The summed E-state index contributed by atoms with van der Waals surface area (Å²) in [7, 11) is 0. The number of anilines is 1. The molecule has 0 atom stereocenters. The van der Waals surface area contributed by atoms with Crippen LogP contribution in [0.4, 0.5) is 5.69 Å². The van der Waals surface area contributed by atoms with Crippen molar-refractivity contribution >= 4 is 44.6 Å². The van der Waals surface area contributed by atoms with Gasteiger partial charge in [0.1, 0.15) is 0 Å². The lowest BCUT2D eigenvalue weighted by Gasteiger charge is -2.14. The highest BCUT2D eigenvalue weighted by Gasteiger charge is 2.18. The first-order valence-electron chi connectivity index (χ1n) is 13.0. The van der Waals surface area contributed by atoms with Crippen LogP contribution in [0.2, 0.25) is 0 Å². The van der Waals surface area contributed by atoms with Gasteiger partial charge in [0.05, 0.1) is 33.4 Å². The Morgan fingerprint density at radius 3 is 1.92 bits per heavy atom. The van der Waals surface area contributed by atoms with Gasteiger partial charge in [0.2, 0.25) is 0 Å². The standard InChI is InChI=1S/C34H24N4/c1-3-9-29-27(7-1)33-31(11-5-21-35-33)37(29)25-17-13-23(14-18-25)24-15-19-26(20-16-24)38-30-10-4-2-8-28(30)34-32(38)12-6-22-36-34/h1-21,36H,22H2. The lowest BCUT2D eigenvalue weighted by Crippen LogP contribution is -2.05. The molecule has 1 N–H and O–H groups in total. The third-order valence-electron chi connectivity index (χ3n) is 7.60. The minimum Gasteiger partial charge on any atom is -0.379 e. The summed E-state index contributed by atoms with van der Waals surface area (Å²) >= 11 is 0. The highest BCUT2D eigenvalue weighted by atomic mass is 15.0. The number of rotatable bonds is 3. The molecule has 4 aromatic carbocycles. The summed E-state index contributed by atoms with van der Waals surface area (Å²) in [4.78, 5) is 4.66. The quantitative estimate of drug-likeness (QED) is 0.272. The van der Waals surface area contributed by atoms with Gasteiger partial charge in [-0.15, -0.1) is 0 Å². The average molecular weight is 489 g/mol. The Bertz CT molecular complexity index is 1950. The van der Waals surface area contributed by atoms with E-state index in [1.807, 2.05) is 12.3 Å². The van der Waals surface area contributed by atoms with Crippen LogP contribution in [0, 0.1) is 0 Å². The minimum atomic E-state index is 0.862. The van der Waals surface area contributed by atoms with Crippen molar-refractivity contribution in [1.29, 1.82) is 0 Å². The molecule has 0 saturated carbocycles. The molecule has 4 nitrogen and oxygen atoms in total. The van der Waals surface area contributed by atoms with Crippen LogP contribution in [-0.4, -0.2) is 20.7 Å². The Hall–Kier alpha value is -5.09. The fourth-order valence-electron chi connectivity index (χ4n) is 5.88. The molecule has 0 amide bonds. The molecule has 38 heavy (non-hydrogen) atoms. The summed E-state index contributed by atoms with van der Waals surface area (Å²) in [5.74, 6) is 0. The molecule has 8 rings (SSSR count). The molecule has 1 aliphatic rings. The van der Waals surface area contributed by atoms with Crippen LogP contribution < -0.4 is 5.32 Å². The third kappa shape index (κ3) is 3.07. The minimum absolute atomic E-state index is 0.862. The second-order valence-electron chi connectivity index (χ2n) is 9.71. The van der Waals surface area contributed by atoms with Crippen molar-refractivity contribution in [2.45, 2.75) is 0 Å². The molecule has 0 bridgehead atoms. The molecule has 0 saturated heterocycles. The molecular weight excluding hydrogens is 464 g/mol. The maximum absolute atomic E-state index is 4.66. The van der Waals surface area contributed by atoms with Crippen molar-refractivity contribution in [3.05, 3.63) is 127 Å². The third-order valence-corrected chi connectivity index (χ3v) is 7.60. The molecule has 0 spiro atoms. The van der Waals surface area contributed by atoms with Crippen LogP contribution in [0.25, 0.3) is 61.4 Å². The Balaban J connectivity index is 1.18. The number of hydrogen-bond acceptors (Lipinski definition) is 2. The smallest absolute Gasteiger partial charge is 0.0963 e. The lowest BCUT2D eigenvalue weighted by atomic mass is 10.0.